The largest absolute Gasteiger partial charge is 0.493 e. The number of hydrogen-bond acceptors (Lipinski definition) is 5. The molecule has 7 nitrogen and oxygen atoms in total. The van der Waals surface area contributed by atoms with E-state index in [0.717, 1.165) is 5.56 Å². The maximum atomic E-state index is 12.2. The first-order chi connectivity index (χ1) is 12.8. The summed E-state index contributed by atoms with van der Waals surface area (Å²) in [5.74, 6) is -1.32. The van der Waals surface area contributed by atoms with Crippen LogP contribution in [0.1, 0.15) is 39.1 Å². The van der Waals surface area contributed by atoms with Crippen molar-refractivity contribution >= 4 is 23.3 Å². The zero-order chi connectivity index (χ0) is 20.0. The fraction of sp³-hybridized carbons (Fsp3) is 0.250. The van der Waals surface area contributed by atoms with Crippen LogP contribution in [0.2, 0.25) is 0 Å². The molecule has 0 aliphatic rings. The Morgan fingerprint density at radius 2 is 1.56 bits per heavy atom. The van der Waals surface area contributed by atoms with Gasteiger partial charge in [-0.05, 0) is 6.92 Å². The van der Waals surface area contributed by atoms with Gasteiger partial charge in [0.25, 0.3) is 0 Å². The van der Waals surface area contributed by atoms with Crippen LogP contribution in [0.4, 0.5) is 5.69 Å². The minimum absolute atomic E-state index is 0.0184. The molecule has 27 heavy (non-hydrogen) atoms. The minimum Gasteiger partial charge on any atom is -0.493 e. The van der Waals surface area contributed by atoms with Gasteiger partial charge in [0, 0.05) is 30.5 Å². The summed E-state index contributed by atoms with van der Waals surface area (Å²) in [4.78, 5) is 35.8. The van der Waals surface area contributed by atoms with E-state index in [4.69, 9.17) is 9.47 Å². The Kier molecular flexibility index (Phi) is 6.54. The second kappa shape index (κ2) is 8.84. The molecule has 2 N–H and O–H groups in total. The number of ether oxygens (including phenoxy) is 2. The lowest BCUT2D eigenvalue weighted by atomic mass is 10.0. The van der Waals surface area contributed by atoms with Crippen molar-refractivity contribution in [2.75, 3.05) is 19.5 Å². The van der Waals surface area contributed by atoms with Gasteiger partial charge in [0.1, 0.15) is 0 Å². The average molecular weight is 371 g/mol. The SMILES string of the molecule is COc1cc(NC(=O)CCC(=O)c2ccc(C)cc2)c(C(=O)O)cc1OC. The predicted molar refractivity (Wildman–Crippen MR) is 99.9 cm³/mol. The summed E-state index contributed by atoms with van der Waals surface area (Å²) in [7, 11) is 2.79. The lowest BCUT2D eigenvalue weighted by molar-refractivity contribution is -0.116. The zero-order valence-corrected chi connectivity index (χ0v) is 15.4. The van der Waals surface area contributed by atoms with Gasteiger partial charge < -0.3 is 19.9 Å². The molecule has 1 amide bonds. The van der Waals surface area contributed by atoms with Crippen LogP contribution >= 0.6 is 0 Å². The number of carboxylic acid groups (broad SMARTS) is 1. The van der Waals surface area contributed by atoms with Crippen molar-refractivity contribution in [1.82, 2.24) is 0 Å². The topological polar surface area (TPSA) is 102 Å². The first kappa shape index (κ1) is 20.0. The summed E-state index contributed by atoms with van der Waals surface area (Å²) < 4.78 is 10.2. The van der Waals surface area contributed by atoms with Crippen LogP contribution in [0.25, 0.3) is 0 Å². The number of Topliss-reactive ketones (excluding diaryl/α,β-unsaturated/α-hetero) is 1. The highest BCUT2D eigenvalue weighted by Gasteiger charge is 2.18. The number of ketones is 1. The Bertz CT molecular complexity index is 858. The third-order valence-corrected chi connectivity index (χ3v) is 3.98. The lowest BCUT2D eigenvalue weighted by Gasteiger charge is -2.13. The summed E-state index contributed by atoms with van der Waals surface area (Å²) in [6.45, 7) is 1.92. The van der Waals surface area contributed by atoms with Crippen molar-refractivity contribution in [2.24, 2.45) is 0 Å². The summed E-state index contributed by atoms with van der Waals surface area (Å²) in [6, 6.07) is 9.74. The molecule has 0 saturated heterocycles. The molecule has 0 aromatic heterocycles. The van der Waals surface area contributed by atoms with Crippen LogP contribution in [-0.2, 0) is 4.79 Å². The standard InChI is InChI=1S/C20H21NO6/c1-12-4-6-13(7-5-12)16(22)8-9-19(23)21-15-11-18(27-3)17(26-2)10-14(15)20(24)25/h4-7,10-11H,8-9H2,1-3H3,(H,21,23)(H,24,25). The quantitative estimate of drug-likeness (QED) is 0.690. The molecule has 2 aromatic rings. The van der Waals surface area contributed by atoms with Gasteiger partial charge in [0.05, 0.1) is 25.5 Å². The predicted octanol–water partition coefficient (Wildman–Crippen LogP) is 3.31. The van der Waals surface area contributed by atoms with Gasteiger partial charge in [-0.3, -0.25) is 9.59 Å². The first-order valence-corrected chi connectivity index (χ1v) is 8.24. The van der Waals surface area contributed by atoms with Gasteiger partial charge >= 0.3 is 5.97 Å². The average Bonchev–Trinajstić information content (AvgIpc) is 2.66. The van der Waals surface area contributed by atoms with Gasteiger partial charge in [-0.25, -0.2) is 4.79 Å². The molecule has 2 aromatic carbocycles. The molecule has 0 radical (unpaired) electrons. The second-order valence-electron chi connectivity index (χ2n) is 5.90. The Hall–Kier alpha value is -3.35. The van der Waals surface area contributed by atoms with E-state index >= 15 is 0 Å². The highest BCUT2D eigenvalue weighted by atomic mass is 16.5. The van der Waals surface area contributed by atoms with Gasteiger partial charge in [-0.15, -0.1) is 0 Å². The highest BCUT2D eigenvalue weighted by molar-refractivity contribution is 6.03. The monoisotopic (exact) mass is 371 g/mol. The van der Waals surface area contributed by atoms with Gasteiger partial charge in [0.15, 0.2) is 17.3 Å². The Balaban J connectivity index is 2.09. The zero-order valence-electron chi connectivity index (χ0n) is 15.4. The van der Waals surface area contributed by atoms with E-state index in [-0.39, 0.29) is 41.4 Å². The summed E-state index contributed by atoms with van der Waals surface area (Å²) in [6.07, 6.45) is -0.0509. The van der Waals surface area contributed by atoms with Gasteiger partial charge in [-0.1, -0.05) is 29.8 Å². The molecule has 0 unspecified atom stereocenters. The van der Waals surface area contributed by atoms with E-state index in [1.54, 1.807) is 12.1 Å². The summed E-state index contributed by atoms with van der Waals surface area (Å²) >= 11 is 0. The molecular formula is C20H21NO6. The molecule has 0 atom stereocenters. The van der Waals surface area contributed by atoms with E-state index in [1.807, 2.05) is 19.1 Å². The number of aromatic carboxylic acids is 1. The van der Waals surface area contributed by atoms with Gasteiger partial charge in [-0.2, -0.15) is 0 Å². The second-order valence-corrected chi connectivity index (χ2v) is 5.90. The Labute approximate surface area is 156 Å². The van der Waals surface area contributed by atoms with Crippen molar-refractivity contribution < 1.29 is 29.0 Å². The van der Waals surface area contributed by atoms with E-state index in [1.165, 1.54) is 26.4 Å². The normalized spacial score (nSPS) is 10.2. The number of carbonyl (C=O) groups excluding carboxylic acids is 2. The van der Waals surface area contributed by atoms with E-state index in [0.29, 0.717) is 5.56 Å². The Morgan fingerprint density at radius 1 is 0.963 bits per heavy atom. The Morgan fingerprint density at radius 3 is 2.11 bits per heavy atom. The van der Waals surface area contributed by atoms with Crippen LogP contribution in [0.15, 0.2) is 36.4 Å². The number of anilines is 1. The molecule has 142 valence electrons. The molecule has 0 spiro atoms. The number of amides is 1. The van der Waals surface area contributed by atoms with Gasteiger partial charge in [0.2, 0.25) is 5.91 Å². The maximum Gasteiger partial charge on any atom is 0.337 e. The van der Waals surface area contributed by atoms with Crippen molar-refractivity contribution in [3.05, 3.63) is 53.1 Å². The number of hydrogen-bond donors (Lipinski definition) is 2. The molecule has 0 aliphatic heterocycles. The molecule has 0 bridgehead atoms. The smallest absolute Gasteiger partial charge is 0.337 e. The number of nitrogens with one attached hydrogen (secondary N) is 1. The molecule has 0 aliphatic carbocycles. The van der Waals surface area contributed by atoms with Crippen LogP contribution in [0.3, 0.4) is 0 Å². The summed E-state index contributed by atoms with van der Waals surface area (Å²) in [5, 5.41) is 11.9. The lowest BCUT2D eigenvalue weighted by Crippen LogP contribution is -2.16. The fourth-order valence-electron chi connectivity index (χ4n) is 2.48. The number of benzene rings is 2. The number of aryl methyl sites for hydroxylation is 1. The molecule has 0 saturated carbocycles. The van der Waals surface area contributed by atoms with E-state index in [9.17, 15) is 19.5 Å². The van der Waals surface area contributed by atoms with Crippen molar-refractivity contribution in [3.8, 4) is 11.5 Å². The van der Waals surface area contributed by atoms with Crippen LogP contribution < -0.4 is 14.8 Å². The van der Waals surface area contributed by atoms with Crippen LogP contribution in [0.5, 0.6) is 11.5 Å². The third kappa shape index (κ3) is 5.07. The molecule has 0 fully saturated rings. The first-order valence-electron chi connectivity index (χ1n) is 8.24. The van der Waals surface area contributed by atoms with E-state index < -0.39 is 11.9 Å². The fourth-order valence-corrected chi connectivity index (χ4v) is 2.48. The molecule has 7 heteroatoms. The third-order valence-electron chi connectivity index (χ3n) is 3.98. The van der Waals surface area contributed by atoms with Crippen LogP contribution in [-0.4, -0.2) is 37.0 Å². The molecular weight excluding hydrogens is 350 g/mol. The van der Waals surface area contributed by atoms with Crippen molar-refractivity contribution in [1.29, 1.82) is 0 Å². The number of carboxylic acids is 1. The summed E-state index contributed by atoms with van der Waals surface area (Å²) in [5.41, 5.74) is 1.52. The van der Waals surface area contributed by atoms with Crippen LogP contribution in [0, 0.1) is 6.92 Å². The highest BCUT2D eigenvalue weighted by Crippen LogP contribution is 2.33. The van der Waals surface area contributed by atoms with Crippen molar-refractivity contribution in [3.63, 3.8) is 0 Å². The number of carbonyl (C=O) groups is 3. The molecule has 2 rings (SSSR count). The minimum atomic E-state index is -1.22. The van der Waals surface area contributed by atoms with Crippen molar-refractivity contribution in [2.45, 2.75) is 19.8 Å². The molecule has 0 heterocycles. The number of methoxy groups -OCH3 is 2. The maximum absolute atomic E-state index is 12.2. The number of rotatable bonds is 8. The van der Waals surface area contributed by atoms with E-state index in [2.05, 4.69) is 5.32 Å².